The second kappa shape index (κ2) is 8.40. The normalized spacial score (nSPS) is 26.6. The molecule has 3 aromatic rings. The van der Waals surface area contributed by atoms with Crippen LogP contribution in [-0.4, -0.2) is 30.8 Å². The summed E-state index contributed by atoms with van der Waals surface area (Å²) in [5.74, 6) is 1.60. The zero-order chi connectivity index (χ0) is 24.2. The summed E-state index contributed by atoms with van der Waals surface area (Å²) in [6.07, 6.45) is 7.38. The minimum atomic E-state index is -0.937. The van der Waals surface area contributed by atoms with E-state index in [1.165, 1.54) is 26.4 Å². The molecule has 1 N–H and O–H groups in total. The maximum absolute atomic E-state index is 12.2. The highest BCUT2D eigenvalue weighted by atomic mass is 16.6. The maximum Gasteiger partial charge on any atom is 0.343 e. The lowest BCUT2D eigenvalue weighted by molar-refractivity contribution is -0.143. The first-order chi connectivity index (χ1) is 17.0. The van der Waals surface area contributed by atoms with Crippen LogP contribution in [0.4, 0.5) is 0 Å². The first-order valence-electron chi connectivity index (χ1n) is 12.6. The van der Waals surface area contributed by atoms with E-state index in [0.717, 1.165) is 70.2 Å². The molecular formula is C30H30O5. The van der Waals surface area contributed by atoms with Crippen LogP contribution in [-0.2, 0) is 14.9 Å². The molecule has 4 saturated carbocycles. The third-order valence-electron chi connectivity index (χ3n) is 8.61. The Bertz CT molecular complexity index is 1290. The highest BCUT2D eigenvalue weighted by molar-refractivity contribution is 6.07. The molecule has 3 aromatic carbocycles. The van der Waals surface area contributed by atoms with Crippen LogP contribution in [0.3, 0.4) is 0 Å². The first kappa shape index (κ1) is 22.1. The quantitative estimate of drug-likeness (QED) is 0.433. The van der Waals surface area contributed by atoms with Crippen molar-refractivity contribution < 1.29 is 24.2 Å². The number of carbonyl (C=O) groups is 2. The number of aromatic carboxylic acids is 1. The molecule has 0 atom stereocenters. The van der Waals surface area contributed by atoms with E-state index in [1.807, 2.05) is 42.5 Å². The van der Waals surface area contributed by atoms with E-state index in [9.17, 15) is 14.7 Å². The number of carboxylic acid groups (broad SMARTS) is 1. The van der Waals surface area contributed by atoms with Crippen molar-refractivity contribution in [2.45, 2.75) is 43.9 Å². The van der Waals surface area contributed by atoms with Gasteiger partial charge >= 0.3 is 11.9 Å². The van der Waals surface area contributed by atoms with E-state index in [0.29, 0.717) is 5.56 Å². The van der Waals surface area contributed by atoms with Gasteiger partial charge < -0.3 is 14.6 Å². The van der Waals surface area contributed by atoms with Gasteiger partial charge in [-0.15, -0.1) is 0 Å². The molecular weight excluding hydrogens is 440 g/mol. The monoisotopic (exact) mass is 470 g/mol. The molecule has 4 aliphatic rings. The molecule has 0 amide bonds. The van der Waals surface area contributed by atoms with Crippen molar-refractivity contribution in [3.63, 3.8) is 0 Å². The van der Waals surface area contributed by atoms with Gasteiger partial charge in [-0.05, 0) is 96.2 Å². The zero-order valence-electron chi connectivity index (χ0n) is 20.0. The van der Waals surface area contributed by atoms with Gasteiger partial charge in [0.2, 0.25) is 0 Å². The minimum absolute atomic E-state index is 0.0180. The molecule has 4 fully saturated rings. The lowest BCUT2D eigenvalue weighted by Gasteiger charge is -2.57. The third-order valence-corrected chi connectivity index (χ3v) is 8.61. The molecule has 0 aromatic heterocycles. The average molecular weight is 471 g/mol. The second-order valence-corrected chi connectivity index (χ2v) is 10.8. The molecule has 5 nitrogen and oxygen atoms in total. The number of rotatable bonds is 6. The fourth-order valence-corrected chi connectivity index (χ4v) is 7.62. The lowest BCUT2D eigenvalue weighted by Crippen LogP contribution is -2.48. The minimum Gasteiger partial charge on any atom is -0.482 e. The summed E-state index contributed by atoms with van der Waals surface area (Å²) in [5.41, 5.74) is 3.06. The van der Waals surface area contributed by atoms with Crippen molar-refractivity contribution in [2.75, 3.05) is 13.7 Å². The topological polar surface area (TPSA) is 72.8 Å². The SMILES string of the molecule is COC(=O)COc1ccc(-c2c(C(=O)O)ccc3ccccc23)cc1C12CC3CC(CC(C3)C1)C2. The smallest absolute Gasteiger partial charge is 0.343 e. The first-order valence-corrected chi connectivity index (χ1v) is 12.6. The molecule has 0 saturated heterocycles. The van der Waals surface area contributed by atoms with Crippen molar-refractivity contribution in [1.82, 2.24) is 0 Å². The van der Waals surface area contributed by atoms with Crippen LogP contribution in [0.2, 0.25) is 0 Å². The number of hydrogen-bond acceptors (Lipinski definition) is 4. The average Bonchev–Trinajstić information content (AvgIpc) is 2.85. The zero-order valence-corrected chi connectivity index (χ0v) is 20.0. The van der Waals surface area contributed by atoms with Gasteiger partial charge in [-0.1, -0.05) is 36.4 Å². The number of esters is 1. The Kier molecular flexibility index (Phi) is 5.32. The number of methoxy groups -OCH3 is 1. The predicted octanol–water partition coefficient (Wildman–Crippen LogP) is 6.22. The Morgan fingerprint density at radius 3 is 2.29 bits per heavy atom. The van der Waals surface area contributed by atoms with E-state index < -0.39 is 11.9 Å². The number of fused-ring (bicyclic) bond motifs is 1. The van der Waals surface area contributed by atoms with Gasteiger partial charge in [-0.3, -0.25) is 0 Å². The molecule has 0 aliphatic heterocycles. The summed E-state index contributed by atoms with van der Waals surface area (Å²) in [6.45, 7) is -0.135. The third kappa shape index (κ3) is 3.78. The van der Waals surface area contributed by atoms with E-state index in [1.54, 1.807) is 6.07 Å². The highest BCUT2D eigenvalue weighted by Gasteiger charge is 2.52. The van der Waals surface area contributed by atoms with E-state index in [-0.39, 0.29) is 12.0 Å². The van der Waals surface area contributed by atoms with Crippen molar-refractivity contribution >= 4 is 22.7 Å². The standard InChI is InChI=1S/C30H30O5/c1-34-27(31)17-35-26-9-7-22(28-23-5-3-2-4-21(23)6-8-24(28)29(32)33)13-25(26)30-14-18-10-19(15-30)12-20(11-18)16-30/h2-9,13,18-20H,10-12,14-17H2,1H3,(H,32,33). The van der Waals surface area contributed by atoms with Crippen LogP contribution >= 0.6 is 0 Å². The largest absolute Gasteiger partial charge is 0.482 e. The summed E-state index contributed by atoms with van der Waals surface area (Å²) >= 11 is 0. The Morgan fingerprint density at radius 1 is 0.943 bits per heavy atom. The summed E-state index contributed by atoms with van der Waals surface area (Å²) < 4.78 is 10.9. The fraction of sp³-hybridized carbons (Fsp3) is 0.400. The molecule has 0 unspecified atom stereocenters. The van der Waals surface area contributed by atoms with Crippen LogP contribution in [0.1, 0.15) is 54.4 Å². The van der Waals surface area contributed by atoms with Gasteiger partial charge in [-0.25, -0.2) is 9.59 Å². The van der Waals surface area contributed by atoms with E-state index >= 15 is 0 Å². The van der Waals surface area contributed by atoms with Crippen molar-refractivity contribution in [3.05, 3.63) is 65.7 Å². The molecule has 4 bridgehead atoms. The van der Waals surface area contributed by atoms with Crippen LogP contribution in [0, 0.1) is 17.8 Å². The Labute approximate surface area is 205 Å². The van der Waals surface area contributed by atoms with E-state index in [2.05, 4.69) is 6.07 Å². The Balaban J connectivity index is 1.53. The number of benzene rings is 3. The number of carbonyl (C=O) groups excluding carboxylic acids is 1. The second-order valence-electron chi connectivity index (χ2n) is 10.8. The maximum atomic E-state index is 12.2. The van der Waals surface area contributed by atoms with Gasteiger partial charge in [-0.2, -0.15) is 0 Å². The number of hydrogen-bond donors (Lipinski definition) is 1. The summed E-state index contributed by atoms with van der Waals surface area (Å²) in [4.78, 5) is 24.1. The molecule has 0 heterocycles. The lowest BCUT2D eigenvalue weighted by atomic mass is 9.48. The van der Waals surface area contributed by atoms with Gasteiger partial charge in [0.05, 0.1) is 12.7 Å². The molecule has 35 heavy (non-hydrogen) atoms. The van der Waals surface area contributed by atoms with Crippen molar-refractivity contribution in [3.8, 4) is 16.9 Å². The van der Waals surface area contributed by atoms with Crippen LogP contribution < -0.4 is 4.74 Å². The van der Waals surface area contributed by atoms with Crippen LogP contribution in [0.25, 0.3) is 21.9 Å². The number of carboxylic acids is 1. The van der Waals surface area contributed by atoms with E-state index in [4.69, 9.17) is 9.47 Å². The molecule has 4 aliphatic carbocycles. The van der Waals surface area contributed by atoms with Gasteiger partial charge in [0.25, 0.3) is 0 Å². The number of ether oxygens (including phenoxy) is 2. The summed E-state index contributed by atoms with van der Waals surface area (Å²) in [6, 6.07) is 17.5. The molecule has 0 spiro atoms. The molecule has 0 radical (unpaired) electrons. The molecule has 180 valence electrons. The Morgan fingerprint density at radius 2 is 1.63 bits per heavy atom. The van der Waals surface area contributed by atoms with Gasteiger partial charge in [0.15, 0.2) is 6.61 Å². The predicted molar refractivity (Wildman–Crippen MR) is 134 cm³/mol. The summed E-state index contributed by atoms with van der Waals surface area (Å²) in [5, 5.41) is 12.0. The summed E-state index contributed by atoms with van der Waals surface area (Å²) in [7, 11) is 1.36. The van der Waals surface area contributed by atoms with Crippen LogP contribution in [0.15, 0.2) is 54.6 Å². The van der Waals surface area contributed by atoms with Gasteiger partial charge in [0, 0.05) is 11.1 Å². The Hall–Kier alpha value is -3.34. The molecule has 7 rings (SSSR count). The van der Waals surface area contributed by atoms with Gasteiger partial charge in [0.1, 0.15) is 5.75 Å². The highest BCUT2D eigenvalue weighted by Crippen LogP contribution is 2.62. The molecule has 5 heteroatoms. The van der Waals surface area contributed by atoms with Crippen molar-refractivity contribution in [2.24, 2.45) is 17.8 Å². The fourth-order valence-electron chi connectivity index (χ4n) is 7.62. The van der Waals surface area contributed by atoms with Crippen LogP contribution in [0.5, 0.6) is 5.75 Å². The van der Waals surface area contributed by atoms with Crippen molar-refractivity contribution in [1.29, 1.82) is 0 Å².